The van der Waals surface area contributed by atoms with Gasteiger partial charge in [0.15, 0.2) is 5.17 Å². The number of fused-ring (bicyclic) bond motifs is 1. The van der Waals surface area contributed by atoms with Crippen molar-refractivity contribution in [3.05, 3.63) is 36.5 Å². The van der Waals surface area contributed by atoms with Crippen LogP contribution in [0.1, 0.15) is 19.8 Å². The number of benzene rings is 1. The van der Waals surface area contributed by atoms with Gasteiger partial charge in [0.1, 0.15) is 0 Å². The zero-order valence-corrected chi connectivity index (χ0v) is 11.8. The van der Waals surface area contributed by atoms with Crippen LogP contribution in [0.2, 0.25) is 0 Å². The van der Waals surface area contributed by atoms with Crippen LogP contribution in [0.25, 0.3) is 10.9 Å². The van der Waals surface area contributed by atoms with Crippen LogP contribution < -0.4 is 5.32 Å². The number of aliphatic imine (C=N–C) groups is 1. The highest BCUT2D eigenvalue weighted by molar-refractivity contribution is 8.15. The molecule has 1 aromatic heterocycles. The standard InChI is InChI=1S/C15H17N3S/c1-2-5-12-10-17-15(19-12)18-13-8-3-6-11-7-4-9-16-14(11)13/h3-4,6-9,12H,2,5,10H2,1H3,(H,17,18). The lowest BCUT2D eigenvalue weighted by Gasteiger charge is -2.09. The second-order valence-corrected chi connectivity index (χ2v) is 5.97. The molecule has 2 heterocycles. The topological polar surface area (TPSA) is 37.3 Å². The molecule has 19 heavy (non-hydrogen) atoms. The molecule has 0 fully saturated rings. The third-order valence-corrected chi connectivity index (χ3v) is 4.37. The molecule has 0 aliphatic carbocycles. The van der Waals surface area contributed by atoms with Crippen molar-refractivity contribution >= 4 is 33.5 Å². The molecule has 0 bridgehead atoms. The lowest BCUT2D eigenvalue weighted by molar-refractivity contribution is 0.754. The summed E-state index contributed by atoms with van der Waals surface area (Å²) in [6, 6.07) is 10.2. The van der Waals surface area contributed by atoms with Gasteiger partial charge in [-0.05, 0) is 18.6 Å². The van der Waals surface area contributed by atoms with Crippen molar-refractivity contribution in [1.82, 2.24) is 4.98 Å². The second-order valence-electron chi connectivity index (χ2n) is 4.68. The molecule has 1 atom stereocenters. The van der Waals surface area contributed by atoms with Gasteiger partial charge < -0.3 is 5.32 Å². The van der Waals surface area contributed by atoms with Crippen molar-refractivity contribution in [2.75, 3.05) is 11.9 Å². The third kappa shape index (κ3) is 2.73. The summed E-state index contributed by atoms with van der Waals surface area (Å²) in [7, 11) is 0. The zero-order valence-electron chi connectivity index (χ0n) is 11.0. The Hall–Kier alpha value is -1.55. The van der Waals surface area contributed by atoms with E-state index in [0.29, 0.717) is 5.25 Å². The van der Waals surface area contributed by atoms with Gasteiger partial charge in [0.2, 0.25) is 0 Å². The molecule has 2 aromatic rings. The van der Waals surface area contributed by atoms with E-state index in [1.54, 1.807) is 0 Å². The van der Waals surface area contributed by atoms with E-state index in [-0.39, 0.29) is 0 Å². The first kappa shape index (κ1) is 12.5. The van der Waals surface area contributed by atoms with E-state index in [4.69, 9.17) is 0 Å². The van der Waals surface area contributed by atoms with Gasteiger partial charge >= 0.3 is 0 Å². The molecule has 0 saturated carbocycles. The normalized spacial score (nSPS) is 18.6. The first-order chi connectivity index (χ1) is 9.36. The first-order valence-electron chi connectivity index (χ1n) is 6.68. The summed E-state index contributed by atoms with van der Waals surface area (Å²) < 4.78 is 0. The second kappa shape index (κ2) is 5.61. The number of anilines is 1. The molecule has 1 aliphatic rings. The number of hydrogen-bond donors (Lipinski definition) is 1. The van der Waals surface area contributed by atoms with E-state index in [1.165, 1.54) is 12.8 Å². The molecule has 1 aliphatic heterocycles. The highest BCUT2D eigenvalue weighted by atomic mass is 32.2. The van der Waals surface area contributed by atoms with Gasteiger partial charge in [0, 0.05) is 16.8 Å². The number of rotatable bonds is 3. The van der Waals surface area contributed by atoms with Crippen molar-refractivity contribution in [2.24, 2.45) is 4.99 Å². The number of para-hydroxylation sites is 1. The number of aromatic nitrogens is 1. The molecule has 1 N–H and O–H groups in total. The van der Waals surface area contributed by atoms with E-state index in [0.717, 1.165) is 28.3 Å². The molecule has 0 radical (unpaired) electrons. The lowest BCUT2D eigenvalue weighted by Crippen LogP contribution is -2.08. The third-order valence-electron chi connectivity index (χ3n) is 3.20. The molecule has 3 rings (SSSR count). The van der Waals surface area contributed by atoms with Crippen molar-refractivity contribution in [2.45, 2.75) is 25.0 Å². The Labute approximate surface area is 117 Å². The zero-order chi connectivity index (χ0) is 13.1. The van der Waals surface area contributed by atoms with Gasteiger partial charge in [-0.1, -0.05) is 43.3 Å². The molecule has 0 amide bonds. The molecule has 4 heteroatoms. The fourth-order valence-electron chi connectivity index (χ4n) is 2.28. The van der Waals surface area contributed by atoms with Crippen LogP contribution >= 0.6 is 11.8 Å². The fourth-order valence-corrected chi connectivity index (χ4v) is 3.41. The highest BCUT2D eigenvalue weighted by Gasteiger charge is 2.19. The minimum absolute atomic E-state index is 0.635. The smallest absolute Gasteiger partial charge is 0.161 e. The Morgan fingerprint density at radius 3 is 3.11 bits per heavy atom. The molecule has 1 unspecified atom stereocenters. The van der Waals surface area contributed by atoms with Crippen LogP contribution in [0.4, 0.5) is 5.69 Å². The van der Waals surface area contributed by atoms with E-state index < -0.39 is 0 Å². The Kier molecular flexibility index (Phi) is 3.69. The van der Waals surface area contributed by atoms with Crippen LogP contribution in [0.15, 0.2) is 41.5 Å². The van der Waals surface area contributed by atoms with Crippen LogP contribution in [0, 0.1) is 0 Å². The average Bonchev–Trinajstić information content (AvgIpc) is 2.87. The Morgan fingerprint density at radius 1 is 1.32 bits per heavy atom. The highest BCUT2D eigenvalue weighted by Crippen LogP contribution is 2.28. The number of pyridine rings is 1. The van der Waals surface area contributed by atoms with Gasteiger partial charge in [0.25, 0.3) is 0 Å². The number of hydrogen-bond acceptors (Lipinski definition) is 4. The first-order valence-corrected chi connectivity index (χ1v) is 7.56. The minimum atomic E-state index is 0.635. The van der Waals surface area contributed by atoms with Crippen LogP contribution in [0.5, 0.6) is 0 Å². The lowest BCUT2D eigenvalue weighted by atomic mass is 10.2. The molecular weight excluding hydrogens is 254 g/mol. The summed E-state index contributed by atoms with van der Waals surface area (Å²) in [4.78, 5) is 9.03. The number of nitrogens with zero attached hydrogens (tertiary/aromatic N) is 2. The predicted molar refractivity (Wildman–Crippen MR) is 84.0 cm³/mol. The Bertz CT molecular complexity index is 604. The quantitative estimate of drug-likeness (QED) is 0.919. The molecular formula is C15H17N3S. The molecule has 1 aromatic carbocycles. The number of thioether (sulfide) groups is 1. The molecule has 98 valence electrons. The molecule has 0 spiro atoms. The van der Waals surface area contributed by atoms with Crippen LogP contribution in [0.3, 0.4) is 0 Å². The monoisotopic (exact) mass is 271 g/mol. The van der Waals surface area contributed by atoms with Crippen molar-refractivity contribution in [3.63, 3.8) is 0 Å². The van der Waals surface area contributed by atoms with Gasteiger partial charge in [-0.3, -0.25) is 9.98 Å². The van der Waals surface area contributed by atoms with Crippen molar-refractivity contribution < 1.29 is 0 Å². The fraction of sp³-hybridized carbons (Fsp3) is 0.333. The predicted octanol–water partition coefficient (Wildman–Crippen LogP) is 3.92. The Balaban J connectivity index is 1.79. The average molecular weight is 271 g/mol. The van der Waals surface area contributed by atoms with Gasteiger partial charge in [-0.2, -0.15) is 0 Å². The van der Waals surface area contributed by atoms with Crippen LogP contribution in [-0.4, -0.2) is 21.9 Å². The summed E-state index contributed by atoms with van der Waals surface area (Å²) in [5.41, 5.74) is 2.05. The SMILES string of the molecule is CCCC1CN=C(Nc2cccc3cccnc23)S1. The summed E-state index contributed by atoms with van der Waals surface area (Å²) in [5, 5.41) is 6.24. The minimum Gasteiger partial charge on any atom is -0.333 e. The number of nitrogens with one attached hydrogen (secondary N) is 1. The van der Waals surface area contributed by atoms with Crippen molar-refractivity contribution in [3.8, 4) is 0 Å². The van der Waals surface area contributed by atoms with Crippen LogP contribution in [-0.2, 0) is 0 Å². The van der Waals surface area contributed by atoms with E-state index in [9.17, 15) is 0 Å². The summed E-state index contributed by atoms with van der Waals surface area (Å²) in [5.74, 6) is 0. The molecule has 3 nitrogen and oxygen atoms in total. The Morgan fingerprint density at radius 2 is 2.21 bits per heavy atom. The van der Waals surface area contributed by atoms with E-state index >= 15 is 0 Å². The van der Waals surface area contributed by atoms with E-state index in [2.05, 4.69) is 46.5 Å². The van der Waals surface area contributed by atoms with Gasteiger partial charge in [0.05, 0.1) is 17.7 Å². The maximum atomic E-state index is 4.58. The van der Waals surface area contributed by atoms with Gasteiger partial charge in [-0.25, -0.2) is 0 Å². The summed E-state index contributed by atoms with van der Waals surface area (Å²) in [6.07, 6.45) is 4.28. The molecule has 0 saturated heterocycles. The van der Waals surface area contributed by atoms with Crippen molar-refractivity contribution in [1.29, 1.82) is 0 Å². The largest absolute Gasteiger partial charge is 0.333 e. The maximum Gasteiger partial charge on any atom is 0.161 e. The van der Waals surface area contributed by atoms with Gasteiger partial charge in [-0.15, -0.1) is 0 Å². The number of amidine groups is 1. The summed E-state index contributed by atoms with van der Waals surface area (Å²) >= 11 is 1.85. The van der Waals surface area contributed by atoms with E-state index in [1.807, 2.05) is 24.0 Å². The maximum absolute atomic E-state index is 4.58. The summed E-state index contributed by atoms with van der Waals surface area (Å²) in [6.45, 7) is 3.15.